The summed E-state index contributed by atoms with van der Waals surface area (Å²) in [6.45, 7) is 12.7. The molecule has 2 heteroatoms. The number of hydrogen-bond donors (Lipinski definition) is 1. The van der Waals surface area contributed by atoms with Crippen molar-refractivity contribution in [1.82, 2.24) is 10.2 Å². The van der Waals surface area contributed by atoms with Crippen LogP contribution in [0.4, 0.5) is 0 Å². The Labute approximate surface area is 95.4 Å². The second-order valence-corrected chi connectivity index (χ2v) is 4.71. The van der Waals surface area contributed by atoms with Crippen molar-refractivity contribution < 1.29 is 0 Å². The number of hydrogen-bond acceptors (Lipinski definition) is 2. The molecule has 2 nitrogen and oxygen atoms in total. The molecule has 0 atom stereocenters. The lowest BCUT2D eigenvalue weighted by Gasteiger charge is -2.44. The summed E-state index contributed by atoms with van der Waals surface area (Å²) in [7, 11) is 0. The van der Waals surface area contributed by atoms with Crippen LogP contribution in [-0.2, 0) is 0 Å². The Morgan fingerprint density at radius 1 is 1.13 bits per heavy atom. The minimum Gasteiger partial charge on any atom is -0.316 e. The van der Waals surface area contributed by atoms with Crippen LogP contribution >= 0.6 is 0 Å². The first-order valence-corrected chi connectivity index (χ1v) is 6.78. The molecule has 2 rings (SSSR count). The van der Waals surface area contributed by atoms with Crippen LogP contribution in [0, 0.1) is 5.41 Å². The average Bonchev–Trinajstić information content (AvgIpc) is 2.34. The predicted octanol–water partition coefficient (Wildman–Crippen LogP) is 2.50. The van der Waals surface area contributed by atoms with Gasteiger partial charge in [0.1, 0.15) is 0 Å². The molecule has 0 aromatic rings. The van der Waals surface area contributed by atoms with Crippen LogP contribution in [0.1, 0.15) is 46.5 Å². The maximum Gasteiger partial charge on any atom is 0.000877 e. The van der Waals surface area contributed by atoms with Crippen LogP contribution in [0.25, 0.3) is 0 Å². The first-order valence-electron chi connectivity index (χ1n) is 6.78. The summed E-state index contributed by atoms with van der Waals surface area (Å²) in [6, 6.07) is 0. The highest BCUT2D eigenvalue weighted by Gasteiger charge is 2.34. The summed E-state index contributed by atoms with van der Waals surface area (Å²) in [5.74, 6) is 0. The molecule has 0 aromatic heterocycles. The molecular formula is C13H28N2. The summed E-state index contributed by atoms with van der Waals surface area (Å²) in [5.41, 5.74) is 0.684. The van der Waals surface area contributed by atoms with Gasteiger partial charge in [-0.15, -0.1) is 0 Å². The molecule has 90 valence electrons. The molecule has 0 saturated carbocycles. The molecule has 2 fully saturated rings. The molecule has 2 aliphatic rings. The average molecular weight is 212 g/mol. The molecule has 2 saturated heterocycles. The van der Waals surface area contributed by atoms with Gasteiger partial charge < -0.3 is 10.2 Å². The number of nitrogens with one attached hydrogen (secondary N) is 1. The van der Waals surface area contributed by atoms with Gasteiger partial charge in [-0.05, 0) is 57.3 Å². The Morgan fingerprint density at radius 2 is 1.80 bits per heavy atom. The molecule has 1 N–H and O–H groups in total. The molecule has 2 aliphatic heterocycles. The van der Waals surface area contributed by atoms with Crippen molar-refractivity contribution in [3.63, 3.8) is 0 Å². The van der Waals surface area contributed by atoms with Crippen LogP contribution in [0.15, 0.2) is 0 Å². The Balaban J connectivity index is 0.000000531. The van der Waals surface area contributed by atoms with E-state index in [-0.39, 0.29) is 0 Å². The van der Waals surface area contributed by atoms with E-state index in [4.69, 9.17) is 0 Å². The van der Waals surface area contributed by atoms with E-state index in [1.807, 2.05) is 13.8 Å². The van der Waals surface area contributed by atoms with Crippen molar-refractivity contribution in [3.05, 3.63) is 0 Å². The lowest BCUT2D eigenvalue weighted by Crippen LogP contribution is -2.47. The van der Waals surface area contributed by atoms with E-state index < -0.39 is 0 Å². The summed E-state index contributed by atoms with van der Waals surface area (Å²) in [5, 5.41) is 3.56. The molecule has 15 heavy (non-hydrogen) atoms. The van der Waals surface area contributed by atoms with Gasteiger partial charge in [0.05, 0.1) is 0 Å². The zero-order valence-corrected chi connectivity index (χ0v) is 10.8. The normalized spacial score (nSPS) is 25.8. The third kappa shape index (κ3) is 3.46. The van der Waals surface area contributed by atoms with E-state index in [0.717, 1.165) is 0 Å². The second-order valence-electron chi connectivity index (χ2n) is 4.71. The zero-order valence-electron chi connectivity index (χ0n) is 10.8. The van der Waals surface area contributed by atoms with Gasteiger partial charge in [-0.2, -0.15) is 0 Å². The Kier molecular flexibility index (Phi) is 5.62. The van der Waals surface area contributed by atoms with Gasteiger partial charge in [0, 0.05) is 6.54 Å². The highest BCUT2D eigenvalue weighted by molar-refractivity contribution is 4.89. The van der Waals surface area contributed by atoms with Crippen LogP contribution in [-0.4, -0.2) is 37.6 Å². The quantitative estimate of drug-likeness (QED) is 0.718. The Bertz CT molecular complexity index is 152. The first kappa shape index (κ1) is 13.0. The summed E-state index contributed by atoms with van der Waals surface area (Å²) in [6.07, 6.45) is 5.71. The molecule has 0 radical (unpaired) electrons. The van der Waals surface area contributed by atoms with Crippen molar-refractivity contribution in [2.75, 3.05) is 32.7 Å². The zero-order chi connectivity index (χ0) is 11.1. The van der Waals surface area contributed by atoms with Crippen molar-refractivity contribution in [2.45, 2.75) is 46.5 Å². The van der Waals surface area contributed by atoms with Gasteiger partial charge >= 0.3 is 0 Å². The standard InChI is InChI=1S/C11H22N2.C2H6/c1-2-13-8-5-11(6-9-13)4-3-7-12-10-11;1-2/h12H,2-10H2,1H3;1-2H3. The largest absolute Gasteiger partial charge is 0.316 e. The number of likely N-dealkylation sites (tertiary alicyclic amines) is 1. The predicted molar refractivity (Wildman–Crippen MR) is 67.2 cm³/mol. The molecule has 0 unspecified atom stereocenters. The third-order valence-corrected chi connectivity index (χ3v) is 3.92. The van der Waals surface area contributed by atoms with Crippen LogP contribution in [0.5, 0.6) is 0 Å². The summed E-state index contributed by atoms with van der Waals surface area (Å²) >= 11 is 0. The minimum atomic E-state index is 0.684. The fourth-order valence-electron chi connectivity index (χ4n) is 2.80. The molecule has 2 heterocycles. The van der Waals surface area contributed by atoms with E-state index in [1.165, 1.54) is 58.4 Å². The van der Waals surface area contributed by atoms with E-state index >= 15 is 0 Å². The summed E-state index contributed by atoms with van der Waals surface area (Å²) in [4.78, 5) is 2.58. The van der Waals surface area contributed by atoms with E-state index in [1.54, 1.807) is 0 Å². The van der Waals surface area contributed by atoms with Gasteiger partial charge in [0.2, 0.25) is 0 Å². The lowest BCUT2D eigenvalue weighted by atomic mass is 9.73. The smallest absolute Gasteiger partial charge is 0.000877 e. The lowest BCUT2D eigenvalue weighted by molar-refractivity contribution is 0.0820. The maximum atomic E-state index is 3.56. The van der Waals surface area contributed by atoms with E-state index in [0.29, 0.717) is 5.41 Å². The van der Waals surface area contributed by atoms with E-state index in [2.05, 4.69) is 17.1 Å². The SMILES string of the molecule is CC.CCN1CCC2(CCCNC2)CC1. The monoisotopic (exact) mass is 212 g/mol. The number of nitrogens with zero attached hydrogens (tertiary/aromatic N) is 1. The Morgan fingerprint density at radius 3 is 2.27 bits per heavy atom. The highest BCUT2D eigenvalue weighted by atomic mass is 15.1. The van der Waals surface area contributed by atoms with Crippen molar-refractivity contribution >= 4 is 0 Å². The van der Waals surface area contributed by atoms with Gasteiger partial charge in [-0.1, -0.05) is 20.8 Å². The highest BCUT2D eigenvalue weighted by Crippen LogP contribution is 2.36. The molecular weight excluding hydrogens is 184 g/mol. The second kappa shape index (κ2) is 6.49. The summed E-state index contributed by atoms with van der Waals surface area (Å²) < 4.78 is 0. The molecule has 1 spiro atoms. The molecule has 0 aromatic carbocycles. The van der Waals surface area contributed by atoms with Gasteiger partial charge in [-0.25, -0.2) is 0 Å². The third-order valence-electron chi connectivity index (χ3n) is 3.92. The van der Waals surface area contributed by atoms with Gasteiger partial charge in [0.15, 0.2) is 0 Å². The van der Waals surface area contributed by atoms with Crippen molar-refractivity contribution in [1.29, 1.82) is 0 Å². The van der Waals surface area contributed by atoms with Crippen LogP contribution in [0.3, 0.4) is 0 Å². The Hall–Kier alpha value is -0.0800. The molecule has 0 amide bonds. The van der Waals surface area contributed by atoms with Crippen molar-refractivity contribution in [3.8, 4) is 0 Å². The minimum absolute atomic E-state index is 0.684. The van der Waals surface area contributed by atoms with Gasteiger partial charge in [-0.3, -0.25) is 0 Å². The van der Waals surface area contributed by atoms with Crippen LogP contribution < -0.4 is 5.32 Å². The molecule has 0 bridgehead atoms. The van der Waals surface area contributed by atoms with E-state index in [9.17, 15) is 0 Å². The fraction of sp³-hybridized carbons (Fsp3) is 1.00. The number of rotatable bonds is 1. The first-order chi connectivity index (χ1) is 7.35. The maximum absolute atomic E-state index is 3.56. The number of piperidine rings is 2. The molecule has 0 aliphatic carbocycles. The van der Waals surface area contributed by atoms with Gasteiger partial charge in [0.25, 0.3) is 0 Å². The van der Waals surface area contributed by atoms with Crippen molar-refractivity contribution in [2.24, 2.45) is 5.41 Å². The van der Waals surface area contributed by atoms with Crippen LogP contribution in [0.2, 0.25) is 0 Å². The topological polar surface area (TPSA) is 15.3 Å². The fourth-order valence-corrected chi connectivity index (χ4v) is 2.80.